The molecule has 0 heterocycles. The third-order valence-electron chi connectivity index (χ3n) is 3.21. The molecule has 0 aliphatic carbocycles. The minimum atomic E-state index is -0.858. The Morgan fingerprint density at radius 1 is 1.14 bits per heavy atom. The number of ether oxygens (including phenoxy) is 2. The molecule has 0 radical (unpaired) electrons. The van der Waals surface area contributed by atoms with Gasteiger partial charge in [-0.3, -0.25) is 0 Å². The van der Waals surface area contributed by atoms with Crippen molar-refractivity contribution in [3.05, 3.63) is 29.6 Å². The molecule has 1 aromatic rings. The van der Waals surface area contributed by atoms with Gasteiger partial charge in [0.05, 0.1) is 19.3 Å². The lowest BCUT2D eigenvalue weighted by molar-refractivity contribution is 0.141. The smallest absolute Gasteiger partial charge is 0.131 e. The second-order valence-electron chi connectivity index (χ2n) is 4.73. The summed E-state index contributed by atoms with van der Waals surface area (Å²) in [5.41, 5.74) is 1.02. The molecule has 1 aromatic carbocycles. The Labute approximate surface area is 126 Å². The number of rotatable bonds is 10. The Hall–Kier alpha value is -1.17. The zero-order valence-corrected chi connectivity index (χ0v) is 13.1. The predicted octanol–water partition coefficient (Wildman–Crippen LogP) is 2.76. The first-order chi connectivity index (χ1) is 10.1. The Bertz CT molecular complexity index is 403. The summed E-state index contributed by atoms with van der Waals surface area (Å²) in [6.07, 6.45) is -0.858. The molecular weight excluding hydrogens is 273 g/mol. The number of hydrogen-bond donors (Lipinski definition) is 1. The van der Waals surface area contributed by atoms with Crippen LogP contribution in [0.4, 0.5) is 10.1 Å². The highest BCUT2D eigenvalue weighted by atomic mass is 19.1. The summed E-state index contributed by atoms with van der Waals surface area (Å²) in [7, 11) is 0. The summed E-state index contributed by atoms with van der Waals surface area (Å²) in [5.74, 6) is -0.389. The Morgan fingerprint density at radius 2 is 1.71 bits per heavy atom. The number of benzene rings is 1. The quantitative estimate of drug-likeness (QED) is 0.675. The second-order valence-corrected chi connectivity index (χ2v) is 4.73. The van der Waals surface area contributed by atoms with Crippen molar-refractivity contribution >= 4 is 5.69 Å². The molecule has 120 valence electrons. The third-order valence-corrected chi connectivity index (χ3v) is 3.21. The summed E-state index contributed by atoms with van der Waals surface area (Å²) in [5, 5.41) is 9.85. The van der Waals surface area contributed by atoms with Crippen LogP contribution < -0.4 is 4.90 Å². The number of halogens is 1. The van der Waals surface area contributed by atoms with Crippen LogP contribution in [0.3, 0.4) is 0 Å². The van der Waals surface area contributed by atoms with Crippen LogP contribution in [0.5, 0.6) is 0 Å². The van der Waals surface area contributed by atoms with Gasteiger partial charge in [-0.2, -0.15) is 0 Å². The maximum atomic E-state index is 14.0. The van der Waals surface area contributed by atoms with E-state index in [9.17, 15) is 9.50 Å². The molecule has 0 aromatic heterocycles. The van der Waals surface area contributed by atoms with Gasteiger partial charge in [-0.05, 0) is 32.9 Å². The monoisotopic (exact) mass is 299 g/mol. The highest BCUT2D eigenvalue weighted by Gasteiger charge is 2.18. The van der Waals surface area contributed by atoms with E-state index in [0.717, 1.165) is 0 Å². The molecule has 0 fully saturated rings. The maximum Gasteiger partial charge on any atom is 0.131 e. The molecule has 1 atom stereocenters. The van der Waals surface area contributed by atoms with Crippen molar-refractivity contribution in [3.63, 3.8) is 0 Å². The van der Waals surface area contributed by atoms with Crippen LogP contribution in [-0.2, 0) is 9.47 Å². The highest BCUT2D eigenvalue weighted by molar-refractivity contribution is 5.55. The summed E-state index contributed by atoms with van der Waals surface area (Å²) in [4.78, 5) is 2.00. The molecule has 0 unspecified atom stereocenters. The minimum Gasteiger partial charge on any atom is -0.389 e. The average Bonchev–Trinajstić information content (AvgIpc) is 2.45. The molecule has 0 saturated heterocycles. The molecule has 0 aliphatic rings. The van der Waals surface area contributed by atoms with Gasteiger partial charge in [0, 0.05) is 37.6 Å². The highest BCUT2D eigenvalue weighted by Crippen LogP contribution is 2.28. The standard InChI is InChI=1S/C16H26FNO3/c1-4-20-11-9-18(10-12-21-5-2)15-8-6-7-14(17)16(15)13(3)19/h6-8,13,19H,4-5,9-12H2,1-3H3/t13-/m0/s1. The first kappa shape index (κ1) is 17.9. The van der Waals surface area contributed by atoms with Crippen LogP contribution in [0.2, 0.25) is 0 Å². The molecule has 21 heavy (non-hydrogen) atoms. The van der Waals surface area contributed by atoms with E-state index in [1.165, 1.54) is 6.07 Å². The number of nitrogens with zero attached hydrogens (tertiary/aromatic N) is 1. The molecule has 1 N–H and O–H groups in total. The van der Waals surface area contributed by atoms with E-state index in [0.29, 0.717) is 50.8 Å². The van der Waals surface area contributed by atoms with Gasteiger partial charge in [0.15, 0.2) is 0 Å². The van der Waals surface area contributed by atoms with Crippen LogP contribution >= 0.6 is 0 Å². The van der Waals surface area contributed by atoms with Gasteiger partial charge in [0.1, 0.15) is 5.82 Å². The summed E-state index contributed by atoms with van der Waals surface area (Å²) in [6.45, 7) is 9.11. The lowest BCUT2D eigenvalue weighted by atomic mass is 10.1. The van der Waals surface area contributed by atoms with Gasteiger partial charge in [0.25, 0.3) is 0 Å². The maximum absolute atomic E-state index is 14.0. The van der Waals surface area contributed by atoms with E-state index < -0.39 is 6.10 Å². The fraction of sp³-hybridized carbons (Fsp3) is 0.625. The van der Waals surface area contributed by atoms with Crippen molar-refractivity contribution in [3.8, 4) is 0 Å². The number of aliphatic hydroxyl groups excluding tert-OH is 1. The molecule has 0 amide bonds. The van der Waals surface area contributed by atoms with Crippen LogP contribution in [0.15, 0.2) is 18.2 Å². The Kier molecular flexibility index (Phi) is 8.27. The van der Waals surface area contributed by atoms with Gasteiger partial charge >= 0.3 is 0 Å². The molecule has 0 spiro atoms. The van der Waals surface area contributed by atoms with Crippen molar-refractivity contribution in [2.45, 2.75) is 26.9 Å². The van der Waals surface area contributed by atoms with Crippen LogP contribution in [-0.4, -0.2) is 44.6 Å². The van der Waals surface area contributed by atoms with E-state index in [-0.39, 0.29) is 5.82 Å². The lowest BCUT2D eigenvalue weighted by Crippen LogP contribution is -2.32. The fourth-order valence-electron chi connectivity index (χ4n) is 2.21. The van der Waals surface area contributed by atoms with Crippen LogP contribution in [0.1, 0.15) is 32.4 Å². The Morgan fingerprint density at radius 3 is 2.19 bits per heavy atom. The van der Waals surface area contributed by atoms with Crippen molar-refractivity contribution in [1.82, 2.24) is 0 Å². The van der Waals surface area contributed by atoms with Crippen molar-refractivity contribution in [1.29, 1.82) is 0 Å². The zero-order chi connectivity index (χ0) is 15.7. The largest absolute Gasteiger partial charge is 0.389 e. The van der Waals surface area contributed by atoms with Gasteiger partial charge in [-0.15, -0.1) is 0 Å². The normalized spacial score (nSPS) is 12.4. The second kappa shape index (κ2) is 9.71. The summed E-state index contributed by atoms with van der Waals surface area (Å²) < 4.78 is 24.8. The number of aliphatic hydroxyl groups is 1. The van der Waals surface area contributed by atoms with E-state index in [1.807, 2.05) is 24.8 Å². The van der Waals surface area contributed by atoms with E-state index >= 15 is 0 Å². The molecular formula is C16H26FNO3. The topological polar surface area (TPSA) is 41.9 Å². The first-order valence-electron chi connectivity index (χ1n) is 7.48. The van der Waals surface area contributed by atoms with Gasteiger partial charge in [-0.25, -0.2) is 4.39 Å². The van der Waals surface area contributed by atoms with E-state index in [4.69, 9.17) is 9.47 Å². The first-order valence-corrected chi connectivity index (χ1v) is 7.48. The zero-order valence-electron chi connectivity index (χ0n) is 13.1. The van der Waals surface area contributed by atoms with Crippen LogP contribution in [0, 0.1) is 5.82 Å². The SMILES string of the molecule is CCOCCN(CCOCC)c1cccc(F)c1[C@H](C)O. The molecule has 5 heteroatoms. The molecule has 0 bridgehead atoms. The molecule has 1 rings (SSSR count). The molecule has 0 saturated carbocycles. The van der Waals surface area contributed by atoms with Gasteiger partial charge in [0.2, 0.25) is 0 Å². The molecule has 4 nitrogen and oxygen atoms in total. The minimum absolute atomic E-state index is 0.325. The average molecular weight is 299 g/mol. The van der Waals surface area contributed by atoms with Gasteiger partial charge < -0.3 is 19.5 Å². The summed E-state index contributed by atoms with van der Waals surface area (Å²) in [6, 6.07) is 4.85. The van der Waals surface area contributed by atoms with Gasteiger partial charge in [-0.1, -0.05) is 6.07 Å². The molecule has 0 aliphatic heterocycles. The van der Waals surface area contributed by atoms with Crippen molar-refractivity contribution in [2.75, 3.05) is 44.4 Å². The number of anilines is 1. The Balaban J connectivity index is 2.92. The van der Waals surface area contributed by atoms with E-state index in [2.05, 4.69) is 0 Å². The van der Waals surface area contributed by atoms with Crippen molar-refractivity contribution < 1.29 is 19.0 Å². The van der Waals surface area contributed by atoms with Crippen LogP contribution in [0.25, 0.3) is 0 Å². The van der Waals surface area contributed by atoms with Crippen molar-refractivity contribution in [2.24, 2.45) is 0 Å². The number of hydrogen-bond acceptors (Lipinski definition) is 4. The lowest BCUT2D eigenvalue weighted by Gasteiger charge is -2.28. The third kappa shape index (κ3) is 5.61. The van der Waals surface area contributed by atoms with E-state index in [1.54, 1.807) is 13.0 Å². The predicted molar refractivity (Wildman–Crippen MR) is 82.2 cm³/mol. The fourth-order valence-corrected chi connectivity index (χ4v) is 2.21. The summed E-state index contributed by atoms with van der Waals surface area (Å²) >= 11 is 0.